The molecule has 6 nitrogen and oxygen atoms in total. The zero-order valence-electron chi connectivity index (χ0n) is 15.3. The van der Waals surface area contributed by atoms with Crippen LogP contribution in [0.1, 0.15) is 16.8 Å². The van der Waals surface area contributed by atoms with Crippen molar-refractivity contribution in [2.24, 2.45) is 0 Å². The molecule has 0 saturated carbocycles. The maximum absolute atomic E-state index is 13.0. The van der Waals surface area contributed by atoms with Crippen LogP contribution in [0.3, 0.4) is 0 Å². The van der Waals surface area contributed by atoms with E-state index in [1.54, 1.807) is 0 Å². The number of hydrogen-bond acceptors (Lipinski definition) is 5. The Balaban J connectivity index is 1.84. The number of rotatable bonds is 6. The molecule has 1 aliphatic heterocycles. The van der Waals surface area contributed by atoms with Gasteiger partial charge in [0.05, 0.1) is 25.9 Å². The molecule has 0 radical (unpaired) electrons. The van der Waals surface area contributed by atoms with Gasteiger partial charge in [0.2, 0.25) is 0 Å². The van der Waals surface area contributed by atoms with Crippen LogP contribution >= 0.6 is 0 Å². The summed E-state index contributed by atoms with van der Waals surface area (Å²) in [4.78, 5) is 15.0. The lowest BCUT2D eigenvalue weighted by molar-refractivity contribution is -0.0737. The molecule has 0 spiro atoms. The highest BCUT2D eigenvalue weighted by Gasteiger charge is 2.28. The highest BCUT2D eigenvalue weighted by atomic mass is 16.5. The first-order chi connectivity index (χ1) is 12.6. The molecule has 2 N–H and O–H groups in total. The van der Waals surface area contributed by atoms with Crippen LogP contribution in [0.15, 0.2) is 36.4 Å². The van der Waals surface area contributed by atoms with Crippen LogP contribution in [0.5, 0.6) is 0 Å². The summed E-state index contributed by atoms with van der Waals surface area (Å²) in [6.45, 7) is 1.20. The summed E-state index contributed by atoms with van der Waals surface area (Å²) in [6.07, 6.45) is 0.447. The molecule has 0 unspecified atom stereocenters. The van der Waals surface area contributed by atoms with Gasteiger partial charge in [-0.05, 0) is 23.9 Å². The van der Waals surface area contributed by atoms with E-state index in [0.717, 1.165) is 16.5 Å². The van der Waals surface area contributed by atoms with Crippen molar-refractivity contribution in [1.29, 1.82) is 0 Å². The summed E-state index contributed by atoms with van der Waals surface area (Å²) < 4.78 is 11.1. The second-order valence-electron chi connectivity index (χ2n) is 6.65. The van der Waals surface area contributed by atoms with E-state index in [1.807, 2.05) is 55.4 Å². The highest BCUT2D eigenvalue weighted by Crippen LogP contribution is 2.28. The summed E-state index contributed by atoms with van der Waals surface area (Å²) >= 11 is 0. The first-order valence-corrected chi connectivity index (χ1v) is 8.92. The Morgan fingerprint density at radius 1 is 1.27 bits per heavy atom. The van der Waals surface area contributed by atoms with E-state index in [2.05, 4.69) is 5.32 Å². The Morgan fingerprint density at radius 3 is 2.77 bits per heavy atom. The highest BCUT2D eigenvalue weighted by molar-refractivity contribution is 6.10. The Morgan fingerprint density at radius 2 is 2.04 bits per heavy atom. The summed E-state index contributed by atoms with van der Waals surface area (Å²) in [6, 6.07) is 11.6. The number of carbonyl (C=O) groups is 1. The molecule has 2 atom stereocenters. The number of fused-ring (bicyclic) bond motifs is 1. The first-order valence-electron chi connectivity index (χ1n) is 8.92. The van der Waals surface area contributed by atoms with Crippen molar-refractivity contribution in [3.63, 3.8) is 0 Å². The molecule has 1 amide bonds. The number of nitrogens with zero attached hydrogens (tertiary/aromatic N) is 1. The molecule has 0 aromatic heterocycles. The van der Waals surface area contributed by atoms with E-state index in [0.29, 0.717) is 25.2 Å². The Labute approximate surface area is 153 Å². The number of carbonyl (C=O) groups excluding carboxylic acids is 1. The molecule has 0 bridgehead atoms. The van der Waals surface area contributed by atoms with E-state index in [-0.39, 0.29) is 31.3 Å². The molecule has 0 aliphatic carbocycles. The van der Waals surface area contributed by atoms with E-state index >= 15 is 0 Å². The second-order valence-corrected chi connectivity index (χ2v) is 6.65. The van der Waals surface area contributed by atoms with Gasteiger partial charge in [0, 0.05) is 37.3 Å². The van der Waals surface area contributed by atoms with Crippen LogP contribution < -0.4 is 10.2 Å². The van der Waals surface area contributed by atoms with Gasteiger partial charge in [-0.1, -0.05) is 24.3 Å². The van der Waals surface area contributed by atoms with Gasteiger partial charge in [0.25, 0.3) is 5.91 Å². The Hall–Kier alpha value is -2.15. The molecule has 3 rings (SSSR count). The zero-order valence-corrected chi connectivity index (χ0v) is 15.3. The standard InChI is InChI=1S/C20H26N2O4/c1-22(2)18-8-7-16(14-5-3-4-6-15(14)18)20(24)21-17-9-11-25-13-19(17)26-12-10-23/h3-8,17,19,23H,9-13H2,1-2H3,(H,21,24)/t17-,19-/m1/s1. The fourth-order valence-corrected chi connectivity index (χ4v) is 3.36. The predicted molar refractivity (Wildman–Crippen MR) is 102 cm³/mol. The van der Waals surface area contributed by atoms with Crippen molar-refractivity contribution in [2.45, 2.75) is 18.6 Å². The average molecular weight is 358 g/mol. The van der Waals surface area contributed by atoms with E-state index in [4.69, 9.17) is 14.6 Å². The SMILES string of the molecule is CN(C)c1ccc(C(=O)N[C@@H]2CCOC[C@H]2OCCO)c2ccccc12. The maximum atomic E-state index is 13.0. The van der Waals surface area contributed by atoms with Gasteiger partial charge in [-0.15, -0.1) is 0 Å². The molecule has 6 heteroatoms. The van der Waals surface area contributed by atoms with Crippen molar-refractivity contribution in [3.05, 3.63) is 42.0 Å². The number of amides is 1. The fraction of sp³-hybridized carbons (Fsp3) is 0.450. The number of aliphatic hydroxyl groups excluding tert-OH is 1. The van der Waals surface area contributed by atoms with Gasteiger partial charge >= 0.3 is 0 Å². The third kappa shape index (κ3) is 3.98. The minimum absolute atomic E-state index is 0.0478. The molecule has 140 valence electrons. The van der Waals surface area contributed by atoms with Crippen molar-refractivity contribution < 1.29 is 19.4 Å². The van der Waals surface area contributed by atoms with Crippen molar-refractivity contribution >= 4 is 22.4 Å². The average Bonchev–Trinajstić information content (AvgIpc) is 2.66. The van der Waals surface area contributed by atoms with E-state index in [9.17, 15) is 4.79 Å². The molecule has 1 heterocycles. The number of anilines is 1. The quantitative estimate of drug-likeness (QED) is 0.824. The number of hydrogen-bond donors (Lipinski definition) is 2. The van der Waals surface area contributed by atoms with Crippen molar-refractivity contribution in [2.75, 3.05) is 45.4 Å². The number of benzene rings is 2. The lowest BCUT2D eigenvalue weighted by Gasteiger charge is -2.32. The topological polar surface area (TPSA) is 71.0 Å². The summed E-state index contributed by atoms with van der Waals surface area (Å²) in [5, 5.41) is 14.0. The largest absolute Gasteiger partial charge is 0.394 e. The van der Waals surface area contributed by atoms with Gasteiger partial charge in [0.1, 0.15) is 6.10 Å². The van der Waals surface area contributed by atoms with E-state index in [1.165, 1.54) is 0 Å². The molecule has 26 heavy (non-hydrogen) atoms. The molecule has 2 aromatic rings. The summed E-state index contributed by atoms with van der Waals surface area (Å²) in [5.41, 5.74) is 1.73. The van der Waals surface area contributed by atoms with Crippen LogP contribution in [-0.2, 0) is 9.47 Å². The van der Waals surface area contributed by atoms with Gasteiger partial charge in [-0.3, -0.25) is 4.79 Å². The monoisotopic (exact) mass is 358 g/mol. The lowest BCUT2D eigenvalue weighted by Crippen LogP contribution is -2.50. The van der Waals surface area contributed by atoms with Crippen LogP contribution in [0, 0.1) is 0 Å². The fourth-order valence-electron chi connectivity index (χ4n) is 3.36. The van der Waals surface area contributed by atoms with Crippen molar-refractivity contribution in [1.82, 2.24) is 5.32 Å². The van der Waals surface area contributed by atoms with Crippen molar-refractivity contribution in [3.8, 4) is 0 Å². The molecule has 1 saturated heterocycles. The lowest BCUT2D eigenvalue weighted by atomic mass is 10.00. The molecular weight excluding hydrogens is 332 g/mol. The minimum Gasteiger partial charge on any atom is -0.394 e. The van der Waals surface area contributed by atoms with E-state index < -0.39 is 0 Å². The molecular formula is C20H26N2O4. The summed E-state index contributed by atoms with van der Waals surface area (Å²) in [5.74, 6) is -0.115. The van der Waals surface area contributed by atoms with Gasteiger partial charge in [-0.2, -0.15) is 0 Å². The van der Waals surface area contributed by atoms with Crippen LogP contribution in [-0.4, -0.2) is 63.7 Å². The van der Waals surface area contributed by atoms with Gasteiger partial charge in [0.15, 0.2) is 0 Å². The third-order valence-corrected chi connectivity index (χ3v) is 4.67. The van der Waals surface area contributed by atoms with Gasteiger partial charge < -0.3 is 24.8 Å². The minimum atomic E-state index is -0.243. The smallest absolute Gasteiger partial charge is 0.252 e. The molecule has 1 fully saturated rings. The summed E-state index contributed by atoms with van der Waals surface area (Å²) in [7, 11) is 3.99. The predicted octanol–water partition coefficient (Wildman–Crippen LogP) is 1.80. The van der Waals surface area contributed by atoms with Crippen LogP contribution in [0.4, 0.5) is 5.69 Å². The van der Waals surface area contributed by atoms with Crippen LogP contribution in [0.2, 0.25) is 0 Å². The zero-order chi connectivity index (χ0) is 18.5. The number of ether oxygens (including phenoxy) is 2. The first kappa shape index (κ1) is 18.6. The Bertz CT molecular complexity index is 763. The normalized spacial score (nSPS) is 20.1. The third-order valence-electron chi connectivity index (χ3n) is 4.67. The van der Waals surface area contributed by atoms with Crippen LogP contribution in [0.25, 0.3) is 10.8 Å². The number of aliphatic hydroxyl groups is 1. The molecule has 2 aromatic carbocycles. The second kappa shape index (κ2) is 8.49. The Kier molecular flexibility index (Phi) is 6.08. The maximum Gasteiger partial charge on any atom is 0.252 e. The van der Waals surface area contributed by atoms with Gasteiger partial charge in [-0.25, -0.2) is 0 Å². The number of nitrogens with one attached hydrogen (secondary N) is 1. The molecule has 1 aliphatic rings.